The summed E-state index contributed by atoms with van der Waals surface area (Å²) in [5.41, 5.74) is 8.27. The normalized spacial score (nSPS) is 16.4. The molecule has 0 amide bonds. The fourth-order valence-corrected chi connectivity index (χ4v) is 1.24. The number of aliphatic imine (C=N–C) groups is 1. The molecule has 1 fully saturated rings. The molecular weight excluding hydrogens is 176 g/mol. The van der Waals surface area contributed by atoms with Crippen molar-refractivity contribution in [1.82, 2.24) is 0 Å². The van der Waals surface area contributed by atoms with Gasteiger partial charge in [-0.05, 0) is 30.5 Å². The van der Waals surface area contributed by atoms with Gasteiger partial charge in [0, 0.05) is 17.5 Å². The minimum Gasteiger partial charge on any atom is -0.398 e. The van der Waals surface area contributed by atoms with Crippen molar-refractivity contribution in [2.75, 3.05) is 5.73 Å². The number of nitrogens with zero attached hydrogens (tertiary/aromatic N) is 1. The van der Waals surface area contributed by atoms with Gasteiger partial charge in [0.05, 0.1) is 12.6 Å². The molecule has 2 rings (SSSR count). The Balaban J connectivity index is 2.20. The van der Waals surface area contributed by atoms with E-state index in [1.165, 1.54) is 12.8 Å². The van der Waals surface area contributed by atoms with Crippen molar-refractivity contribution in [3.8, 4) is 0 Å². The molecule has 14 heavy (non-hydrogen) atoms. The zero-order valence-electron chi connectivity index (χ0n) is 7.98. The standard InChI is InChI=1S/C11H14N2O/c12-11-4-1-8(7-14)5-9(11)6-13-10-2-3-10/h1,4-6,10,14H,2-3,7,12H2. The first kappa shape index (κ1) is 9.21. The van der Waals surface area contributed by atoms with Crippen LogP contribution in [0.2, 0.25) is 0 Å². The maximum absolute atomic E-state index is 8.96. The minimum atomic E-state index is 0.0462. The first-order valence-corrected chi connectivity index (χ1v) is 4.82. The lowest BCUT2D eigenvalue weighted by Gasteiger charge is -2.02. The molecule has 0 aliphatic heterocycles. The van der Waals surface area contributed by atoms with E-state index in [2.05, 4.69) is 4.99 Å². The van der Waals surface area contributed by atoms with Gasteiger partial charge < -0.3 is 10.8 Å². The van der Waals surface area contributed by atoms with Crippen molar-refractivity contribution < 1.29 is 5.11 Å². The molecule has 0 unspecified atom stereocenters. The van der Waals surface area contributed by atoms with Crippen LogP contribution in [0.3, 0.4) is 0 Å². The average Bonchev–Trinajstić information content (AvgIpc) is 3.00. The summed E-state index contributed by atoms with van der Waals surface area (Å²) in [5.74, 6) is 0. The molecule has 1 aliphatic carbocycles. The van der Waals surface area contributed by atoms with Gasteiger partial charge in [0.25, 0.3) is 0 Å². The Morgan fingerprint density at radius 3 is 2.93 bits per heavy atom. The van der Waals surface area contributed by atoms with E-state index in [1.807, 2.05) is 18.3 Å². The Morgan fingerprint density at radius 1 is 1.50 bits per heavy atom. The quantitative estimate of drug-likeness (QED) is 0.558. The van der Waals surface area contributed by atoms with Crippen LogP contribution in [0.5, 0.6) is 0 Å². The van der Waals surface area contributed by atoms with E-state index in [0.717, 1.165) is 11.1 Å². The summed E-state index contributed by atoms with van der Waals surface area (Å²) in [6, 6.07) is 6.01. The molecule has 1 aromatic rings. The van der Waals surface area contributed by atoms with Crippen molar-refractivity contribution in [1.29, 1.82) is 0 Å². The highest BCUT2D eigenvalue weighted by atomic mass is 16.3. The Hall–Kier alpha value is -1.35. The predicted molar refractivity (Wildman–Crippen MR) is 57.4 cm³/mol. The number of rotatable bonds is 3. The fraction of sp³-hybridized carbons (Fsp3) is 0.364. The van der Waals surface area contributed by atoms with Gasteiger partial charge in [-0.25, -0.2) is 0 Å². The van der Waals surface area contributed by atoms with Crippen LogP contribution >= 0.6 is 0 Å². The van der Waals surface area contributed by atoms with Crippen molar-refractivity contribution in [3.63, 3.8) is 0 Å². The van der Waals surface area contributed by atoms with Gasteiger partial charge in [-0.3, -0.25) is 4.99 Å². The lowest BCUT2D eigenvalue weighted by Crippen LogP contribution is -1.96. The number of aliphatic hydroxyl groups is 1. The monoisotopic (exact) mass is 190 g/mol. The predicted octanol–water partition coefficient (Wildman–Crippen LogP) is 1.34. The summed E-state index contributed by atoms with van der Waals surface area (Å²) in [7, 11) is 0. The third-order valence-corrected chi connectivity index (χ3v) is 2.31. The summed E-state index contributed by atoms with van der Waals surface area (Å²) in [4.78, 5) is 4.36. The number of nitrogens with two attached hydrogens (primary N) is 1. The van der Waals surface area contributed by atoms with Gasteiger partial charge >= 0.3 is 0 Å². The van der Waals surface area contributed by atoms with Crippen molar-refractivity contribution in [2.45, 2.75) is 25.5 Å². The maximum Gasteiger partial charge on any atom is 0.0682 e. The lowest BCUT2D eigenvalue weighted by atomic mass is 10.1. The molecular formula is C11H14N2O. The summed E-state index contributed by atoms with van der Waals surface area (Å²) in [6.07, 6.45) is 4.19. The zero-order chi connectivity index (χ0) is 9.97. The number of benzene rings is 1. The third kappa shape index (κ3) is 2.12. The maximum atomic E-state index is 8.96. The lowest BCUT2D eigenvalue weighted by molar-refractivity contribution is 0.282. The van der Waals surface area contributed by atoms with Crippen molar-refractivity contribution in [2.24, 2.45) is 4.99 Å². The molecule has 74 valence electrons. The van der Waals surface area contributed by atoms with Crippen molar-refractivity contribution in [3.05, 3.63) is 29.3 Å². The van der Waals surface area contributed by atoms with Crippen LogP contribution in [-0.2, 0) is 6.61 Å². The largest absolute Gasteiger partial charge is 0.398 e. The van der Waals surface area contributed by atoms with E-state index in [0.29, 0.717) is 11.7 Å². The Kier molecular flexibility index (Phi) is 2.50. The number of nitrogen functional groups attached to an aromatic ring is 1. The first-order valence-electron chi connectivity index (χ1n) is 4.82. The number of aliphatic hydroxyl groups excluding tert-OH is 1. The van der Waals surface area contributed by atoms with E-state index in [1.54, 1.807) is 6.07 Å². The Bertz CT molecular complexity index is 356. The molecule has 0 radical (unpaired) electrons. The van der Waals surface area contributed by atoms with Crippen LogP contribution in [0.4, 0.5) is 5.69 Å². The zero-order valence-corrected chi connectivity index (χ0v) is 7.98. The first-order chi connectivity index (χ1) is 6.79. The molecule has 0 heterocycles. The highest BCUT2D eigenvalue weighted by molar-refractivity contribution is 5.87. The van der Waals surface area contributed by atoms with Gasteiger partial charge in [0.15, 0.2) is 0 Å². The van der Waals surface area contributed by atoms with Crippen molar-refractivity contribution >= 4 is 11.9 Å². The minimum absolute atomic E-state index is 0.0462. The smallest absolute Gasteiger partial charge is 0.0682 e. The topological polar surface area (TPSA) is 58.6 Å². The highest BCUT2D eigenvalue weighted by Crippen LogP contribution is 2.23. The van der Waals surface area contributed by atoms with Crippen LogP contribution in [0.15, 0.2) is 23.2 Å². The molecule has 0 spiro atoms. The van der Waals surface area contributed by atoms with Gasteiger partial charge in [-0.2, -0.15) is 0 Å². The number of anilines is 1. The molecule has 0 bridgehead atoms. The van der Waals surface area contributed by atoms with E-state index in [-0.39, 0.29) is 6.61 Å². The Morgan fingerprint density at radius 2 is 2.29 bits per heavy atom. The average molecular weight is 190 g/mol. The second-order valence-corrected chi connectivity index (χ2v) is 3.63. The molecule has 3 N–H and O–H groups in total. The second kappa shape index (κ2) is 3.80. The number of hydrogen-bond donors (Lipinski definition) is 2. The van der Waals surface area contributed by atoms with Crippen LogP contribution in [0.25, 0.3) is 0 Å². The molecule has 1 aliphatic rings. The highest BCUT2D eigenvalue weighted by Gasteiger charge is 2.18. The fourth-order valence-electron chi connectivity index (χ4n) is 1.24. The van der Waals surface area contributed by atoms with Crippen LogP contribution < -0.4 is 5.73 Å². The molecule has 1 saturated carbocycles. The molecule has 3 nitrogen and oxygen atoms in total. The SMILES string of the molecule is Nc1ccc(CO)cc1C=NC1CC1. The van der Waals surface area contributed by atoms with Gasteiger partial charge in [0.2, 0.25) is 0 Å². The molecule has 0 atom stereocenters. The van der Waals surface area contributed by atoms with E-state index < -0.39 is 0 Å². The molecule has 1 aromatic carbocycles. The summed E-state index contributed by atoms with van der Waals surface area (Å²) in [5, 5.41) is 8.96. The molecule has 3 heteroatoms. The Labute approximate surface area is 83.3 Å². The molecule has 0 saturated heterocycles. The summed E-state index contributed by atoms with van der Waals surface area (Å²) in [6.45, 7) is 0.0462. The van der Waals surface area contributed by atoms with E-state index in [9.17, 15) is 0 Å². The second-order valence-electron chi connectivity index (χ2n) is 3.63. The number of hydrogen-bond acceptors (Lipinski definition) is 3. The summed E-state index contributed by atoms with van der Waals surface area (Å²) >= 11 is 0. The van der Waals surface area contributed by atoms with E-state index >= 15 is 0 Å². The van der Waals surface area contributed by atoms with Gasteiger partial charge in [0.1, 0.15) is 0 Å². The van der Waals surface area contributed by atoms with E-state index in [4.69, 9.17) is 10.8 Å². The third-order valence-electron chi connectivity index (χ3n) is 2.31. The van der Waals surface area contributed by atoms with Crippen LogP contribution in [0, 0.1) is 0 Å². The molecule has 0 aromatic heterocycles. The van der Waals surface area contributed by atoms with Gasteiger partial charge in [-0.15, -0.1) is 0 Å². The van der Waals surface area contributed by atoms with Gasteiger partial charge in [-0.1, -0.05) is 6.07 Å². The van der Waals surface area contributed by atoms with Crippen LogP contribution in [0.1, 0.15) is 24.0 Å². The summed E-state index contributed by atoms with van der Waals surface area (Å²) < 4.78 is 0. The van der Waals surface area contributed by atoms with Crippen LogP contribution in [-0.4, -0.2) is 17.4 Å².